The van der Waals surface area contributed by atoms with Crippen LogP contribution in [0.1, 0.15) is 23.3 Å². The van der Waals surface area contributed by atoms with Crippen molar-refractivity contribution in [2.75, 3.05) is 32.6 Å². The number of likely N-dealkylation sites (tertiary alicyclic amines) is 1. The largest absolute Gasteiger partial charge is 0.347 e. The maximum atomic E-state index is 12.6. The van der Waals surface area contributed by atoms with E-state index in [9.17, 15) is 4.79 Å². The minimum Gasteiger partial charge on any atom is -0.347 e. The number of hydrogen-bond donors (Lipinski definition) is 0. The van der Waals surface area contributed by atoms with Crippen LogP contribution in [0.15, 0.2) is 11.4 Å². The number of thioether (sulfide) groups is 1. The van der Waals surface area contributed by atoms with Crippen LogP contribution in [0.2, 0.25) is 5.02 Å². The fourth-order valence-electron chi connectivity index (χ4n) is 2.59. The van der Waals surface area contributed by atoms with Gasteiger partial charge in [0.05, 0.1) is 24.4 Å². The van der Waals surface area contributed by atoms with Gasteiger partial charge in [0.1, 0.15) is 0 Å². The maximum absolute atomic E-state index is 12.6. The summed E-state index contributed by atoms with van der Waals surface area (Å²) < 4.78 is 11.3. The number of carbonyl (C=O) groups excluding carboxylic acids is 1. The SMILES string of the molecule is CSc1ncc(Cl)c(C(=O)N2CCC3(CC2)OCCO3)n1. The Morgan fingerprint density at radius 1 is 1.38 bits per heavy atom. The van der Waals surface area contributed by atoms with Crippen molar-refractivity contribution in [2.24, 2.45) is 0 Å². The Bertz CT molecular complexity index is 541. The molecule has 2 saturated heterocycles. The number of rotatable bonds is 2. The molecule has 0 saturated carbocycles. The van der Waals surface area contributed by atoms with Crippen molar-refractivity contribution in [1.29, 1.82) is 0 Å². The first-order chi connectivity index (χ1) is 10.1. The second kappa shape index (κ2) is 6.08. The second-order valence-electron chi connectivity index (χ2n) is 4.95. The zero-order valence-corrected chi connectivity index (χ0v) is 13.2. The number of piperidine rings is 1. The van der Waals surface area contributed by atoms with E-state index in [1.165, 1.54) is 18.0 Å². The second-order valence-corrected chi connectivity index (χ2v) is 6.13. The Kier molecular flexibility index (Phi) is 4.35. The molecule has 1 aromatic heterocycles. The molecule has 0 atom stereocenters. The summed E-state index contributed by atoms with van der Waals surface area (Å²) in [6.07, 6.45) is 4.69. The molecule has 2 aliphatic rings. The third-order valence-electron chi connectivity index (χ3n) is 3.73. The number of hydrogen-bond acceptors (Lipinski definition) is 6. The van der Waals surface area contributed by atoms with Crippen LogP contribution in [0.4, 0.5) is 0 Å². The van der Waals surface area contributed by atoms with E-state index in [1.54, 1.807) is 4.90 Å². The maximum Gasteiger partial charge on any atom is 0.274 e. The monoisotopic (exact) mass is 329 g/mol. The van der Waals surface area contributed by atoms with Gasteiger partial charge < -0.3 is 14.4 Å². The Morgan fingerprint density at radius 2 is 2.05 bits per heavy atom. The fourth-order valence-corrected chi connectivity index (χ4v) is 3.10. The van der Waals surface area contributed by atoms with Gasteiger partial charge in [-0.1, -0.05) is 23.4 Å². The van der Waals surface area contributed by atoms with E-state index in [1.807, 2.05) is 6.26 Å². The highest BCUT2D eigenvalue weighted by Crippen LogP contribution is 2.32. The molecule has 1 amide bonds. The molecule has 114 valence electrons. The Labute approximate surface area is 132 Å². The van der Waals surface area contributed by atoms with Gasteiger partial charge >= 0.3 is 0 Å². The summed E-state index contributed by atoms with van der Waals surface area (Å²) in [5, 5.41) is 0.824. The Morgan fingerprint density at radius 3 is 2.67 bits per heavy atom. The van der Waals surface area contributed by atoms with E-state index in [-0.39, 0.29) is 16.6 Å². The molecule has 0 aliphatic carbocycles. The highest BCUT2D eigenvalue weighted by atomic mass is 35.5. The number of amides is 1. The molecule has 0 radical (unpaired) electrons. The van der Waals surface area contributed by atoms with Crippen LogP contribution in [0.5, 0.6) is 0 Å². The number of nitrogens with zero attached hydrogens (tertiary/aromatic N) is 3. The predicted octanol–water partition coefficient (Wildman–Crippen LogP) is 1.83. The standard InChI is InChI=1S/C13H16ClN3O3S/c1-21-12-15-8-9(14)10(16-12)11(18)17-4-2-13(3-5-17)19-6-7-20-13/h8H,2-7H2,1H3. The number of ether oxygens (including phenoxy) is 2. The zero-order chi connectivity index (χ0) is 14.9. The van der Waals surface area contributed by atoms with Crippen LogP contribution in [0, 0.1) is 0 Å². The van der Waals surface area contributed by atoms with Gasteiger partial charge in [-0.25, -0.2) is 9.97 Å². The normalized spacial score (nSPS) is 21.0. The molecule has 0 unspecified atom stereocenters. The van der Waals surface area contributed by atoms with Crippen LogP contribution < -0.4 is 0 Å². The van der Waals surface area contributed by atoms with E-state index in [0.717, 1.165) is 0 Å². The van der Waals surface area contributed by atoms with E-state index >= 15 is 0 Å². The van der Waals surface area contributed by atoms with Crippen molar-refractivity contribution >= 4 is 29.3 Å². The lowest BCUT2D eigenvalue weighted by Crippen LogP contribution is -2.47. The van der Waals surface area contributed by atoms with Crippen LogP contribution >= 0.6 is 23.4 Å². The molecule has 21 heavy (non-hydrogen) atoms. The lowest BCUT2D eigenvalue weighted by Gasteiger charge is -2.37. The molecule has 0 bridgehead atoms. The van der Waals surface area contributed by atoms with Gasteiger partial charge in [0, 0.05) is 25.9 Å². The van der Waals surface area contributed by atoms with Gasteiger partial charge in [0.25, 0.3) is 5.91 Å². The first-order valence-electron chi connectivity index (χ1n) is 6.77. The first-order valence-corrected chi connectivity index (χ1v) is 8.37. The number of halogens is 1. The average molecular weight is 330 g/mol. The summed E-state index contributed by atoms with van der Waals surface area (Å²) in [6.45, 7) is 2.41. The highest BCUT2D eigenvalue weighted by Gasteiger charge is 2.41. The van der Waals surface area contributed by atoms with Gasteiger partial charge in [-0.2, -0.15) is 0 Å². The van der Waals surface area contributed by atoms with Crippen LogP contribution in [0.25, 0.3) is 0 Å². The van der Waals surface area contributed by atoms with Gasteiger partial charge in [0.15, 0.2) is 16.6 Å². The molecule has 2 aliphatic heterocycles. The fraction of sp³-hybridized carbons (Fsp3) is 0.615. The van der Waals surface area contributed by atoms with E-state index in [4.69, 9.17) is 21.1 Å². The topological polar surface area (TPSA) is 64.6 Å². The van der Waals surface area contributed by atoms with Crippen molar-refractivity contribution in [3.05, 3.63) is 16.9 Å². The Hall–Kier alpha value is -0.890. The quantitative estimate of drug-likeness (QED) is 0.609. The van der Waals surface area contributed by atoms with Crippen LogP contribution in [-0.2, 0) is 9.47 Å². The lowest BCUT2D eigenvalue weighted by molar-refractivity contribution is -0.181. The molecule has 1 aromatic rings. The molecular weight excluding hydrogens is 314 g/mol. The number of carbonyl (C=O) groups is 1. The molecule has 2 fully saturated rings. The van der Waals surface area contributed by atoms with Crippen LogP contribution in [-0.4, -0.2) is 59.1 Å². The van der Waals surface area contributed by atoms with Crippen LogP contribution in [0.3, 0.4) is 0 Å². The van der Waals surface area contributed by atoms with Gasteiger partial charge in [-0.3, -0.25) is 4.79 Å². The summed E-state index contributed by atoms with van der Waals surface area (Å²) in [7, 11) is 0. The Balaban J connectivity index is 1.72. The lowest BCUT2D eigenvalue weighted by atomic mass is 10.0. The molecule has 3 rings (SSSR count). The zero-order valence-electron chi connectivity index (χ0n) is 11.7. The third kappa shape index (κ3) is 3.01. The van der Waals surface area contributed by atoms with E-state index in [0.29, 0.717) is 44.3 Å². The van der Waals surface area contributed by atoms with E-state index in [2.05, 4.69) is 9.97 Å². The van der Waals surface area contributed by atoms with Crippen molar-refractivity contribution in [3.63, 3.8) is 0 Å². The summed E-state index contributed by atoms with van der Waals surface area (Å²) in [6, 6.07) is 0. The average Bonchev–Trinajstić information content (AvgIpc) is 2.96. The first kappa shape index (κ1) is 15.0. The molecule has 3 heterocycles. The smallest absolute Gasteiger partial charge is 0.274 e. The van der Waals surface area contributed by atoms with Crippen molar-refractivity contribution < 1.29 is 14.3 Å². The van der Waals surface area contributed by atoms with Crippen molar-refractivity contribution in [1.82, 2.24) is 14.9 Å². The highest BCUT2D eigenvalue weighted by molar-refractivity contribution is 7.98. The molecule has 8 heteroatoms. The summed E-state index contributed by atoms with van der Waals surface area (Å²) in [4.78, 5) is 22.6. The molecule has 0 aromatic carbocycles. The van der Waals surface area contributed by atoms with Gasteiger partial charge in [-0.05, 0) is 6.26 Å². The molecular formula is C13H16ClN3O3S. The summed E-state index contributed by atoms with van der Waals surface area (Å²) in [5.41, 5.74) is 0.264. The third-order valence-corrected chi connectivity index (χ3v) is 4.57. The number of aromatic nitrogens is 2. The predicted molar refractivity (Wildman–Crippen MR) is 78.6 cm³/mol. The van der Waals surface area contributed by atoms with E-state index < -0.39 is 5.79 Å². The molecule has 6 nitrogen and oxygen atoms in total. The molecule has 1 spiro atoms. The molecule has 0 N–H and O–H groups in total. The van der Waals surface area contributed by atoms with Crippen molar-refractivity contribution in [2.45, 2.75) is 23.8 Å². The summed E-state index contributed by atoms with van der Waals surface area (Å²) >= 11 is 7.44. The minimum atomic E-state index is -0.489. The van der Waals surface area contributed by atoms with Gasteiger partial charge in [0.2, 0.25) is 0 Å². The van der Waals surface area contributed by atoms with Crippen molar-refractivity contribution in [3.8, 4) is 0 Å². The summed E-state index contributed by atoms with van der Waals surface area (Å²) in [5.74, 6) is -0.651. The minimum absolute atomic E-state index is 0.162. The van der Waals surface area contributed by atoms with Gasteiger partial charge in [-0.15, -0.1) is 0 Å².